The molecule has 0 saturated heterocycles. The minimum absolute atomic E-state index is 0.641. The normalized spacial score (nSPS) is 10.4. The summed E-state index contributed by atoms with van der Waals surface area (Å²) in [6.07, 6.45) is 1.05. The van der Waals surface area contributed by atoms with Gasteiger partial charge in [-0.15, -0.1) is 11.8 Å². The van der Waals surface area contributed by atoms with Crippen LogP contribution in [0, 0.1) is 0 Å². The summed E-state index contributed by atoms with van der Waals surface area (Å²) >= 11 is 1.79. The zero-order valence-corrected chi connectivity index (χ0v) is 10.7. The lowest BCUT2D eigenvalue weighted by atomic mass is 10.3. The Balaban J connectivity index is 2.50. The number of thioether (sulfide) groups is 1. The lowest BCUT2D eigenvalue weighted by Gasteiger charge is -2.08. The fourth-order valence-corrected chi connectivity index (χ4v) is 2.13. The maximum absolute atomic E-state index is 5.80. The first-order valence-electron chi connectivity index (χ1n) is 5.42. The number of hydrogen-bond donors (Lipinski definition) is 1. The van der Waals surface area contributed by atoms with Crippen molar-refractivity contribution in [2.45, 2.75) is 18.2 Å². The molecule has 0 aliphatic carbocycles. The number of nitrogen functional groups attached to an aromatic ring is 1. The van der Waals surface area contributed by atoms with Crippen molar-refractivity contribution in [1.29, 1.82) is 0 Å². The standard InChI is InChI=1S/C12H19NO2S/c1-3-15-12-9-10(5-6-11(12)13)16-8-4-7-14-2/h5-6,9H,3-4,7-8,13H2,1-2H3. The van der Waals surface area contributed by atoms with Crippen molar-refractivity contribution in [3.05, 3.63) is 18.2 Å². The number of benzene rings is 1. The van der Waals surface area contributed by atoms with Gasteiger partial charge in [0.15, 0.2) is 0 Å². The highest BCUT2D eigenvalue weighted by atomic mass is 32.2. The largest absolute Gasteiger partial charge is 0.492 e. The van der Waals surface area contributed by atoms with Crippen molar-refractivity contribution in [2.24, 2.45) is 0 Å². The summed E-state index contributed by atoms with van der Waals surface area (Å²) in [6, 6.07) is 5.91. The van der Waals surface area contributed by atoms with Gasteiger partial charge in [-0.1, -0.05) is 0 Å². The van der Waals surface area contributed by atoms with Crippen molar-refractivity contribution in [3.63, 3.8) is 0 Å². The topological polar surface area (TPSA) is 44.5 Å². The Kier molecular flexibility index (Phi) is 6.11. The number of anilines is 1. The van der Waals surface area contributed by atoms with Crippen molar-refractivity contribution in [2.75, 3.05) is 31.8 Å². The molecule has 1 aromatic carbocycles. The van der Waals surface area contributed by atoms with E-state index >= 15 is 0 Å². The van der Waals surface area contributed by atoms with E-state index < -0.39 is 0 Å². The van der Waals surface area contributed by atoms with Gasteiger partial charge in [0.1, 0.15) is 5.75 Å². The van der Waals surface area contributed by atoms with Crippen LogP contribution < -0.4 is 10.5 Å². The van der Waals surface area contributed by atoms with Gasteiger partial charge in [0.2, 0.25) is 0 Å². The molecule has 0 spiro atoms. The molecule has 0 radical (unpaired) electrons. The molecule has 0 unspecified atom stereocenters. The minimum atomic E-state index is 0.641. The zero-order valence-electron chi connectivity index (χ0n) is 9.86. The second kappa shape index (κ2) is 7.41. The molecule has 1 aromatic rings. The van der Waals surface area contributed by atoms with Crippen LogP contribution in [0.15, 0.2) is 23.1 Å². The van der Waals surface area contributed by atoms with E-state index in [2.05, 4.69) is 0 Å². The van der Waals surface area contributed by atoms with Crippen molar-refractivity contribution >= 4 is 17.4 Å². The van der Waals surface area contributed by atoms with Crippen molar-refractivity contribution in [3.8, 4) is 5.75 Å². The van der Waals surface area contributed by atoms with Crippen LogP contribution in [0.25, 0.3) is 0 Å². The molecule has 2 N–H and O–H groups in total. The number of ether oxygens (including phenoxy) is 2. The zero-order chi connectivity index (χ0) is 11.8. The summed E-state index contributed by atoms with van der Waals surface area (Å²) in [6.45, 7) is 3.40. The summed E-state index contributed by atoms with van der Waals surface area (Å²) in [5, 5.41) is 0. The van der Waals surface area contributed by atoms with Crippen LogP contribution in [0.3, 0.4) is 0 Å². The second-order valence-corrected chi connectivity index (χ2v) is 4.50. The van der Waals surface area contributed by atoms with E-state index in [-0.39, 0.29) is 0 Å². The van der Waals surface area contributed by atoms with Crippen LogP contribution >= 0.6 is 11.8 Å². The summed E-state index contributed by atoms with van der Waals surface area (Å²) in [5.74, 6) is 1.82. The average Bonchev–Trinajstić information content (AvgIpc) is 2.29. The SMILES string of the molecule is CCOc1cc(SCCCOC)ccc1N. The Morgan fingerprint density at radius 3 is 2.88 bits per heavy atom. The van der Waals surface area contributed by atoms with Gasteiger partial charge in [0, 0.05) is 24.4 Å². The van der Waals surface area contributed by atoms with E-state index in [1.54, 1.807) is 18.9 Å². The number of methoxy groups -OCH3 is 1. The first kappa shape index (κ1) is 13.2. The Hall–Kier alpha value is -0.870. The number of rotatable bonds is 7. The average molecular weight is 241 g/mol. The van der Waals surface area contributed by atoms with Gasteiger partial charge < -0.3 is 15.2 Å². The van der Waals surface area contributed by atoms with Gasteiger partial charge in [0.05, 0.1) is 12.3 Å². The van der Waals surface area contributed by atoms with E-state index in [0.717, 1.165) is 24.5 Å². The summed E-state index contributed by atoms with van der Waals surface area (Å²) in [7, 11) is 1.72. The van der Waals surface area contributed by atoms with Crippen molar-refractivity contribution < 1.29 is 9.47 Å². The van der Waals surface area contributed by atoms with Gasteiger partial charge in [-0.25, -0.2) is 0 Å². The predicted octanol–water partition coefficient (Wildman–Crippen LogP) is 2.80. The van der Waals surface area contributed by atoms with Crippen LogP contribution in [-0.2, 0) is 4.74 Å². The Morgan fingerprint density at radius 1 is 1.38 bits per heavy atom. The first-order valence-corrected chi connectivity index (χ1v) is 6.40. The highest BCUT2D eigenvalue weighted by Crippen LogP contribution is 2.28. The molecule has 4 heteroatoms. The van der Waals surface area contributed by atoms with Crippen molar-refractivity contribution in [1.82, 2.24) is 0 Å². The molecule has 0 bridgehead atoms. The third-order valence-corrected chi connectivity index (χ3v) is 3.13. The molecule has 1 rings (SSSR count). The summed E-state index contributed by atoms with van der Waals surface area (Å²) < 4.78 is 10.4. The molecule has 90 valence electrons. The second-order valence-electron chi connectivity index (χ2n) is 3.33. The molecule has 3 nitrogen and oxygen atoms in total. The third-order valence-electron chi connectivity index (χ3n) is 2.05. The van der Waals surface area contributed by atoms with Crippen LogP contribution in [0.2, 0.25) is 0 Å². The molecule has 0 fully saturated rings. The molecular formula is C12H19NO2S. The fourth-order valence-electron chi connectivity index (χ4n) is 1.28. The lowest BCUT2D eigenvalue weighted by molar-refractivity contribution is 0.200. The molecule has 16 heavy (non-hydrogen) atoms. The molecule has 0 aromatic heterocycles. The lowest BCUT2D eigenvalue weighted by Crippen LogP contribution is -1.97. The van der Waals surface area contributed by atoms with Gasteiger partial charge in [-0.2, -0.15) is 0 Å². The molecule has 0 aliphatic rings. The van der Waals surface area contributed by atoms with E-state index in [4.69, 9.17) is 15.2 Å². The van der Waals surface area contributed by atoms with E-state index in [1.165, 1.54) is 4.90 Å². The van der Waals surface area contributed by atoms with E-state index in [0.29, 0.717) is 12.3 Å². The molecule has 0 heterocycles. The Morgan fingerprint density at radius 2 is 2.19 bits per heavy atom. The molecule has 0 saturated carbocycles. The van der Waals surface area contributed by atoms with Gasteiger partial charge in [0.25, 0.3) is 0 Å². The molecular weight excluding hydrogens is 222 g/mol. The monoisotopic (exact) mass is 241 g/mol. The highest BCUT2D eigenvalue weighted by molar-refractivity contribution is 7.99. The van der Waals surface area contributed by atoms with Crippen LogP contribution in [-0.4, -0.2) is 26.1 Å². The van der Waals surface area contributed by atoms with Gasteiger partial charge in [-0.05, 0) is 31.5 Å². The Labute approximate surface area is 101 Å². The maximum atomic E-state index is 5.80. The number of nitrogens with two attached hydrogens (primary N) is 1. The minimum Gasteiger partial charge on any atom is -0.492 e. The maximum Gasteiger partial charge on any atom is 0.143 e. The smallest absolute Gasteiger partial charge is 0.143 e. The molecule has 0 aliphatic heterocycles. The molecule has 0 amide bonds. The first-order chi connectivity index (χ1) is 7.77. The summed E-state index contributed by atoms with van der Waals surface area (Å²) in [5.41, 5.74) is 6.49. The highest BCUT2D eigenvalue weighted by Gasteiger charge is 2.02. The van der Waals surface area contributed by atoms with Gasteiger partial charge >= 0.3 is 0 Å². The van der Waals surface area contributed by atoms with Crippen LogP contribution in [0.4, 0.5) is 5.69 Å². The predicted molar refractivity (Wildman–Crippen MR) is 69.2 cm³/mol. The van der Waals surface area contributed by atoms with Crippen LogP contribution in [0.5, 0.6) is 5.75 Å². The van der Waals surface area contributed by atoms with Crippen LogP contribution in [0.1, 0.15) is 13.3 Å². The summed E-state index contributed by atoms with van der Waals surface area (Å²) in [4.78, 5) is 1.19. The molecule has 0 atom stereocenters. The fraction of sp³-hybridized carbons (Fsp3) is 0.500. The Bertz CT molecular complexity index is 318. The van der Waals surface area contributed by atoms with Gasteiger partial charge in [-0.3, -0.25) is 0 Å². The van der Waals surface area contributed by atoms with E-state index in [1.807, 2.05) is 25.1 Å². The third kappa shape index (κ3) is 4.33. The quantitative estimate of drug-likeness (QED) is 0.453. The number of hydrogen-bond acceptors (Lipinski definition) is 4. The van der Waals surface area contributed by atoms with E-state index in [9.17, 15) is 0 Å².